The highest BCUT2D eigenvalue weighted by Gasteiger charge is 2.10. The molecule has 0 fully saturated rings. The second-order valence-corrected chi connectivity index (χ2v) is 5.93. The Labute approximate surface area is 150 Å². The molecule has 3 rings (SSSR count). The van der Waals surface area contributed by atoms with Crippen LogP contribution in [0.15, 0.2) is 42.5 Å². The topological polar surface area (TPSA) is 84.7 Å². The molecule has 1 amide bonds. The highest BCUT2D eigenvalue weighted by atomic mass is 35.5. The predicted octanol–water partition coefficient (Wildman–Crippen LogP) is 2.98. The van der Waals surface area contributed by atoms with Crippen LogP contribution in [0.2, 0.25) is 5.02 Å². The summed E-state index contributed by atoms with van der Waals surface area (Å²) in [7, 11) is 0. The third kappa shape index (κ3) is 3.95. The quantitative estimate of drug-likeness (QED) is 0.734. The van der Waals surface area contributed by atoms with Gasteiger partial charge in [0.25, 0.3) is 0 Å². The van der Waals surface area contributed by atoms with Gasteiger partial charge in [-0.3, -0.25) is 4.79 Å². The lowest BCUT2D eigenvalue weighted by Gasteiger charge is -2.11. The van der Waals surface area contributed by atoms with E-state index in [9.17, 15) is 4.79 Å². The van der Waals surface area contributed by atoms with Gasteiger partial charge >= 0.3 is 0 Å². The van der Waals surface area contributed by atoms with Crippen LogP contribution in [0.1, 0.15) is 11.4 Å². The van der Waals surface area contributed by atoms with Crippen LogP contribution in [-0.2, 0) is 4.79 Å². The van der Waals surface area contributed by atoms with Crippen molar-refractivity contribution in [3.8, 4) is 5.69 Å². The van der Waals surface area contributed by atoms with Crippen molar-refractivity contribution >= 4 is 28.9 Å². The number of aromatic nitrogens is 4. The number of hydrogen-bond donors (Lipinski definition) is 2. The molecule has 0 saturated carbocycles. The van der Waals surface area contributed by atoms with E-state index in [-0.39, 0.29) is 12.5 Å². The molecular formula is C17H17ClN6O. The largest absolute Gasteiger partial charge is 0.375 e. The fourth-order valence-electron chi connectivity index (χ4n) is 2.35. The Hall–Kier alpha value is -2.93. The molecule has 128 valence electrons. The molecule has 2 N–H and O–H groups in total. The monoisotopic (exact) mass is 356 g/mol. The Kier molecular flexibility index (Phi) is 4.95. The van der Waals surface area contributed by atoms with Gasteiger partial charge in [0.05, 0.1) is 22.9 Å². The van der Waals surface area contributed by atoms with Crippen molar-refractivity contribution in [1.29, 1.82) is 0 Å². The van der Waals surface area contributed by atoms with E-state index in [1.165, 1.54) is 0 Å². The van der Waals surface area contributed by atoms with Crippen molar-refractivity contribution in [3.63, 3.8) is 0 Å². The number of para-hydroxylation sites is 1. The van der Waals surface area contributed by atoms with E-state index >= 15 is 0 Å². The lowest BCUT2D eigenvalue weighted by Crippen LogP contribution is -2.22. The number of rotatable bonds is 5. The Morgan fingerprint density at radius 1 is 1.20 bits per heavy atom. The second kappa shape index (κ2) is 7.31. The maximum atomic E-state index is 12.2. The molecule has 0 saturated heterocycles. The molecule has 25 heavy (non-hydrogen) atoms. The summed E-state index contributed by atoms with van der Waals surface area (Å²) in [5, 5.41) is 18.0. The van der Waals surface area contributed by atoms with Crippen molar-refractivity contribution in [2.75, 3.05) is 17.2 Å². The zero-order chi connectivity index (χ0) is 17.8. The van der Waals surface area contributed by atoms with Crippen molar-refractivity contribution in [3.05, 3.63) is 58.9 Å². The lowest BCUT2D eigenvalue weighted by atomic mass is 10.2. The Morgan fingerprint density at radius 3 is 2.72 bits per heavy atom. The Bertz CT molecular complexity index is 908. The molecule has 0 radical (unpaired) electrons. The Morgan fingerprint density at radius 2 is 2.00 bits per heavy atom. The van der Waals surface area contributed by atoms with Gasteiger partial charge in [-0.15, -0.1) is 5.10 Å². The van der Waals surface area contributed by atoms with Crippen LogP contribution in [0, 0.1) is 13.8 Å². The lowest BCUT2D eigenvalue weighted by molar-refractivity contribution is -0.114. The van der Waals surface area contributed by atoms with E-state index in [0.29, 0.717) is 22.2 Å². The molecule has 0 bridgehead atoms. The molecule has 3 aromatic rings. The molecule has 2 aromatic carbocycles. The maximum Gasteiger partial charge on any atom is 0.243 e. The molecule has 0 spiro atoms. The summed E-state index contributed by atoms with van der Waals surface area (Å²) in [5.74, 6) is 0.495. The number of hydrogen-bond acceptors (Lipinski definition) is 5. The number of anilines is 2. The number of nitrogens with zero attached hydrogens (tertiary/aromatic N) is 4. The second-order valence-electron chi connectivity index (χ2n) is 5.52. The van der Waals surface area contributed by atoms with Crippen LogP contribution in [0.25, 0.3) is 5.69 Å². The van der Waals surface area contributed by atoms with Crippen LogP contribution in [0.4, 0.5) is 11.4 Å². The molecule has 0 atom stereocenters. The third-order valence-electron chi connectivity index (χ3n) is 3.66. The van der Waals surface area contributed by atoms with E-state index in [1.54, 1.807) is 10.7 Å². The average molecular weight is 357 g/mol. The minimum absolute atomic E-state index is 0.108. The summed E-state index contributed by atoms with van der Waals surface area (Å²) in [6.07, 6.45) is 0. The van der Waals surface area contributed by atoms with Gasteiger partial charge in [0.2, 0.25) is 5.91 Å². The highest BCUT2D eigenvalue weighted by Crippen LogP contribution is 2.21. The van der Waals surface area contributed by atoms with Crippen molar-refractivity contribution in [1.82, 2.24) is 20.2 Å². The summed E-state index contributed by atoms with van der Waals surface area (Å²) in [6, 6.07) is 12.9. The minimum atomic E-state index is -0.178. The summed E-state index contributed by atoms with van der Waals surface area (Å²) < 4.78 is 1.63. The average Bonchev–Trinajstić information content (AvgIpc) is 3.02. The molecule has 0 aliphatic heterocycles. The van der Waals surface area contributed by atoms with Crippen molar-refractivity contribution < 1.29 is 4.79 Å². The standard InChI is InChI=1S/C17H17ClN6O/c1-11-7-8-13(9-16(11)24-12(2)21-22-23-24)20-17(25)10-19-15-6-4-3-5-14(15)18/h3-9,19H,10H2,1-2H3,(H,20,25). The molecule has 8 heteroatoms. The molecule has 0 unspecified atom stereocenters. The number of carbonyl (C=O) groups excluding carboxylic acids is 1. The SMILES string of the molecule is Cc1ccc(NC(=O)CNc2ccccc2Cl)cc1-n1nnnc1C. The first kappa shape index (κ1) is 16.9. The number of tetrazole rings is 1. The van der Waals surface area contributed by atoms with Crippen LogP contribution in [0.3, 0.4) is 0 Å². The number of nitrogens with one attached hydrogen (secondary N) is 2. The van der Waals surface area contributed by atoms with Gasteiger partial charge in [0.15, 0.2) is 5.82 Å². The van der Waals surface area contributed by atoms with Crippen LogP contribution in [0.5, 0.6) is 0 Å². The van der Waals surface area contributed by atoms with E-state index in [0.717, 1.165) is 11.3 Å². The first-order chi connectivity index (χ1) is 12.0. The normalized spacial score (nSPS) is 10.5. The smallest absolute Gasteiger partial charge is 0.243 e. The van der Waals surface area contributed by atoms with Crippen molar-refractivity contribution in [2.45, 2.75) is 13.8 Å². The highest BCUT2D eigenvalue weighted by molar-refractivity contribution is 6.33. The van der Waals surface area contributed by atoms with Gasteiger partial charge in [-0.25, -0.2) is 0 Å². The molecule has 0 aliphatic carbocycles. The van der Waals surface area contributed by atoms with Crippen molar-refractivity contribution in [2.24, 2.45) is 0 Å². The van der Waals surface area contributed by atoms with Crippen LogP contribution < -0.4 is 10.6 Å². The van der Waals surface area contributed by atoms with Gasteiger partial charge < -0.3 is 10.6 Å². The molecule has 0 aliphatic rings. The van der Waals surface area contributed by atoms with E-state index in [4.69, 9.17) is 11.6 Å². The fourth-order valence-corrected chi connectivity index (χ4v) is 2.56. The summed E-state index contributed by atoms with van der Waals surface area (Å²) in [4.78, 5) is 12.2. The summed E-state index contributed by atoms with van der Waals surface area (Å²) in [5.41, 5.74) is 3.21. The molecule has 1 heterocycles. The molecular weight excluding hydrogens is 340 g/mol. The van der Waals surface area contributed by atoms with Gasteiger partial charge in [-0.05, 0) is 54.1 Å². The minimum Gasteiger partial charge on any atom is -0.375 e. The third-order valence-corrected chi connectivity index (χ3v) is 3.99. The summed E-state index contributed by atoms with van der Waals surface area (Å²) >= 11 is 6.06. The number of aryl methyl sites for hydroxylation is 2. The fraction of sp³-hybridized carbons (Fsp3) is 0.176. The number of benzene rings is 2. The summed E-state index contributed by atoms with van der Waals surface area (Å²) in [6.45, 7) is 3.89. The predicted molar refractivity (Wildman–Crippen MR) is 97.2 cm³/mol. The van der Waals surface area contributed by atoms with E-state index in [2.05, 4.69) is 26.2 Å². The number of halogens is 1. The number of carbonyl (C=O) groups is 1. The van der Waals surface area contributed by atoms with Gasteiger partial charge in [0.1, 0.15) is 0 Å². The van der Waals surface area contributed by atoms with Crippen LogP contribution in [-0.4, -0.2) is 32.7 Å². The van der Waals surface area contributed by atoms with Gasteiger partial charge in [-0.2, -0.15) is 4.68 Å². The molecule has 7 nitrogen and oxygen atoms in total. The first-order valence-corrected chi connectivity index (χ1v) is 8.06. The zero-order valence-corrected chi connectivity index (χ0v) is 14.6. The van der Waals surface area contributed by atoms with Gasteiger partial charge in [-0.1, -0.05) is 29.8 Å². The number of amides is 1. The van der Waals surface area contributed by atoms with E-state index < -0.39 is 0 Å². The van der Waals surface area contributed by atoms with Gasteiger partial charge in [0, 0.05) is 5.69 Å². The zero-order valence-electron chi connectivity index (χ0n) is 13.8. The van der Waals surface area contributed by atoms with Crippen LogP contribution >= 0.6 is 11.6 Å². The molecule has 1 aromatic heterocycles. The Balaban J connectivity index is 1.70. The first-order valence-electron chi connectivity index (χ1n) is 7.69. The van der Waals surface area contributed by atoms with E-state index in [1.807, 2.05) is 50.2 Å². The maximum absolute atomic E-state index is 12.2.